The molecule has 0 N–H and O–H groups in total. The van der Waals surface area contributed by atoms with Crippen molar-refractivity contribution in [3.05, 3.63) is 50.7 Å². The van der Waals surface area contributed by atoms with Gasteiger partial charge in [0, 0.05) is 0 Å². The van der Waals surface area contributed by atoms with Gasteiger partial charge < -0.3 is 14.9 Å². The Morgan fingerprint density at radius 3 is 1.59 bits per heavy atom. The third-order valence-electron chi connectivity index (χ3n) is 2.63. The largest absolute Gasteiger partial charge is 2.00 e. The SMILES string of the molecule is C1CCCC1.CCCc1ccccc1.[CH3-].[CH3-].[Pd+2]. The Labute approximate surface area is 123 Å². The van der Waals surface area contributed by atoms with E-state index in [1.807, 2.05) is 0 Å². The van der Waals surface area contributed by atoms with E-state index in [-0.39, 0.29) is 35.3 Å². The summed E-state index contributed by atoms with van der Waals surface area (Å²) in [5.74, 6) is 0. The molecule has 0 aromatic heterocycles. The van der Waals surface area contributed by atoms with Crippen molar-refractivity contribution in [2.75, 3.05) is 0 Å². The van der Waals surface area contributed by atoms with Crippen molar-refractivity contribution in [1.29, 1.82) is 0 Å². The molecule has 0 spiro atoms. The Morgan fingerprint density at radius 1 is 0.824 bits per heavy atom. The van der Waals surface area contributed by atoms with Crippen LogP contribution in [-0.4, -0.2) is 0 Å². The van der Waals surface area contributed by atoms with Gasteiger partial charge in [-0.25, -0.2) is 0 Å². The first-order valence-electron chi connectivity index (χ1n) is 5.97. The molecule has 1 heteroatoms. The van der Waals surface area contributed by atoms with Gasteiger partial charge in [-0.3, -0.25) is 0 Å². The average molecular weight is 327 g/mol. The topological polar surface area (TPSA) is 0 Å². The van der Waals surface area contributed by atoms with Crippen LogP contribution in [0.2, 0.25) is 0 Å². The minimum absolute atomic E-state index is 0. The van der Waals surface area contributed by atoms with E-state index in [9.17, 15) is 0 Å². The predicted molar refractivity (Wildman–Crippen MR) is 76.4 cm³/mol. The van der Waals surface area contributed by atoms with Gasteiger partial charge in [-0.1, -0.05) is 75.8 Å². The van der Waals surface area contributed by atoms with Gasteiger partial charge in [-0.05, 0) is 12.0 Å². The molecule has 1 aliphatic rings. The summed E-state index contributed by atoms with van der Waals surface area (Å²) in [5, 5.41) is 0. The summed E-state index contributed by atoms with van der Waals surface area (Å²) in [7, 11) is 0. The molecule has 0 amide bonds. The first-order valence-corrected chi connectivity index (χ1v) is 5.97. The van der Waals surface area contributed by atoms with E-state index >= 15 is 0 Å². The van der Waals surface area contributed by atoms with Crippen LogP contribution in [0.5, 0.6) is 0 Å². The molecular weight excluding hydrogens is 299 g/mol. The summed E-state index contributed by atoms with van der Waals surface area (Å²) in [4.78, 5) is 0. The van der Waals surface area contributed by atoms with Crippen LogP contribution in [0, 0.1) is 14.9 Å². The Kier molecular flexibility index (Phi) is 20.6. The number of aryl methyl sites for hydroxylation is 1. The fraction of sp³-hybridized carbons (Fsp3) is 0.500. The van der Waals surface area contributed by atoms with Crippen LogP contribution in [0.4, 0.5) is 0 Å². The van der Waals surface area contributed by atoms with E-state index in [2.05, 4.69) is 37.3 Å². The van der Waals surface area contributed by atoms with Crippen molar-refractivity contribution in [3.63, 3.8) is 0 Å². The maximum Gasteiger partial charge on any atom is 2.00 e. The van der Waals surface area contributed by atoms with Crippen molar-refractivity contribution < 1.29 is 20.4 Å². The molecule has 0 saturated heterocycles. The maximum absolute atomic E-state index is 2.20. The minimum atomic E-state index is 0. The molecule has 17 heavy (non-hydrogen) atoms. The van der Waals surface area contributed by atoms with E-state index in [0.29, 0.717) is 0 Å². The van der Waals surface area contributed by atoms with Crippen molar-refractivity contribution >= 4 is 0 Å². The van der Waals surface area contributed by atoms with Crippen LogP contribution in [0.3, 0.4) is 0 Å². The molecule has 1 aromatic rings. The molecule has 102 valence electrons. The summed E-state index contributed by atoms with van der Waals surface area (Å²) < 4.78 is 0. The van der Waals surface area contributed by atoms with Crippen molar-refractivity contribution in [3.8, 4) is 0 Å². The third kappa shape index (κ3) is 12.1. The van der Waals surface area contributed by atoms with Crippen molar-refractivity contribution in [2.45, 2.75) is 51.9 Å². The van der Waals surface area contributed by atoms with Gasteiger partial charge in [0.1, 0.15) is 0 Å². The Hall–Kier alpha value is -0.118. The molecule has 1 saturated carbocycles. The van der Waals surface area contributed by atoms with Gasteiger partial charge in [-0.2, -0.15) is 0 Å². The molecule has 0 unspecified atom stereocenters. The fourth-order valence-corrected chi connectivity index (χ4v) is 1.82. The van der Waals surface area contributed by atoms with Gasteiger partial charge in [0.15, 0.2) is 0 Å². The zero-order valence-corrected chi connectivity index (χ0v) is 13.2. The predicted octanol–water partition coefficient (Wildman–Crippen LogP) is 5.49. The third-order valence-corrected chi connectivity index (χ3v) is 2.63. The Bertz CT molecular complexity index is 207. The summed E-state index contributed by atoms with van der Waals surface area (Å²) >= 11 is 0. The first-order chi connectivity index (χ1) is 6.93. The number of benzene rings is 1. The average Bonchev–Trinajstić information content (AvgIpc) is 2.78. The van der Waals surface area contributed by atoms with Crippen LogP contribution in [0.15, 0.2) is 30.3 Å². The molecule has 0 aliphatic heterocycles. The zero-order chi connectivity index (χ0) is 10.1. The molecule has 2 rings (SSSR count). The molecule has 1 aromatic carbocycles. The zero-order valence-electron chi connectivity index (χ0n) is 11.7. The minimum Gasteiger partial charge on any atom is -0.358 e. The van der Waals surface area contributed by atoms with E-state index in [4.69, 9.17) is 0 Å². The van der Waals surface area contributed by atoms with E-state index in [0.717, 1.165) is 0 Å². The van der Waals surface area contributed by atoms with Crippen molar-refractivity contribution in [2.24, 2.45) is 0 Å². The molecule has 0 bridgehead atoms. The van der Waals surface area contributed by atoms with Crippen molar-refractivity contribution in [1.82, 2.24) is 0 Å². The number of hydrogen-bond acceptors (Lipinski definition) is 0. The molecule has 0 atom stereocenters. The van der Waals surface area contributed by atoms with Gasteiger partial charge in [-0.15, -0.1) is 0 Å². The van der Waals surface area contributed by atoms with Crippen LogP contribution in [-0.2, 0) is 26.8 Å². The molecule has 1 aliphatic carbocycles. The standard InChI is InChI=1S/C9H12.C5H10.2CH3.Pd/c1-2-6-9-7-4-3-5-8-9;1-2-4-5-3-1;;;/h3-5,7-8H,2,6H2,1H3;1-5H2;2*1H3;/q;;2*-1;+2. The van der Waals surface area contributed by atoms with Crippen LogP contribution >= 0.6 is 0 Å². The normalized spacial score (nSPS) is 12.1. The first kappa shape index (κ1) is 22.1. The monoisotopic (exact) mass is 326 g/mol. The molecule has 0 nitrogen and oxygen atoms in total. The summed E-state index contributed by atoms with van der Waals surface area (Å²) in [6, 6.07) is 10.6. The second kappa shape index (κ2) is 15.9. The van der Waals surface area contributed by atoms with Gasteiger partial charge in [0.25, 0.3) is 0 Å². The summed E-state index contributed by atoms with van der Waals surface area (Å²) in [5.41, 5.74) is 1.44. The fourth-order valence-electron chi connectivity index (χ4n) is 1.82. The smallest absolute Gasteiger partial charge is 0.358 e. The molecule has 0 radical (unpaired) electrons. The van der Waals surface area contributed by atoms with Crippen LogP contribution < -0.4 is 0 Å². The molecular formula is C16H28Pd. The second-order valence-corrected chi connectivity index (χ2v) is 4.00. The number of rotatable bonds is 2. The van der Waals surface area contributed by atoms with E-state index in [1.54, 1.807) is 0 Å². The van der Waals surface area contributed by atoms with Gasteiger partial charge in [0.05, 0.1) is 0 Å². The van der Waals surface area contributed by atoms with E-state index in [1.165, 1.54) is 50.5 Å². The number of hydrogen-bond donors (Lipinski definition) is 0. The molecule has 1 fully saturated rings. The van der Waals surface area contributed by atoms with Crippen LogP contribution in [0.1, 0.15) is 51.0 Å². The van der Waals surface area contributed by atoms with Gasteiger partial charge >= 0.3 is 20.4 Å². The Balaban J connectivity index is -0.000000216. The van der Waals surface area contributed by atoms with Crippen LogP contribution in [0.25, 0.3) is 0 Å². The van der Waals surface area contributed by atoms with Gasteiger partial charge in [0.2, 0.25) is 0 Å². The summed E-state index contributed by atoms with van der Waals surface area (Å²) in [6.45, 7) is 2.20. The van der Waals surface area contributed by atoms with E-state index < -0.39 is 0 Å². The summed E-state index contributed by atoms with van der Waals surface area (Å²) in [6.07, 6.45) is 9.95. The molecule has 0 heterocycles. The Morgan fingerprint density at radius 2 is 1.24 bits per heavy atom. The second-order valence-electron chi connectivity index (χ2n) is 4.00. The quantitative estimate of drug-likeness (QED) is 0.498. The maximum atomic E-state index is 2.20.